The van der Waals surface area contributed by atoms with Crippen LogP contribution >= 0.6 is 11.8 Å². The lowest BCUT2D eigenvalue weighted by Gasteiger charge is -2.26. The molecule has 0 spiro atoms. The summed E-state index contributed by atoms with van der Waals surface area (Å²) in [5, 5.41) is 3.09. The molecule has 1 aliphatic heterocycles. The highest BCUT2D eigenvalue weighted by molar-refractivity contribution is 8.00. The predicted octanol–water partition coefficient (Wildman–Crippen LogP) is 2.25. The maximum atomic E-state index is 12.6. The van der Waals surface area contributed by atoms with Crippen molar-refractivity contribution in [3.63, 3.8) is 0 Å². The maximum absolute atomic E-state index is 12.6. The summed E-state index contributed by atoms with van der Waals surface area (Å²) < 4.78 is 31.8. The number of carbonyl (C=O) groups is 1. The van der Waals surface area contributed by atoms with Gasteiger partial charge in [0.2, 0.25) is 15.9 Å². The number of hydrogen-bond donors (Lipinski definition) is 1. The highest BCUT2D eigenvalue weighted by atomic mass is 32.2. The van der Waals surface area contributed by atoms with Gasteiger partial charge in [0, 0.05) is 24.0 Å². The highest BCUT2D eigenvalue weighted by Gasteiger charge is 2.26. The number of nitrogens with zero attached hydrogens (tertiary/aromatic N) is 1. The van der Waals surface area contributed by atoms with Crippen LogP contribution in [0.5, 0.6) is 0 Å². The van der Waals surface area contributed by atoms with Crippen LogP contribution in [0.3, 0.4) is 0 Å². The van der Waals surface area contributed by atoms with Crippen molar-refractivity contribution in [1.82, 2.24) is 9.62 Å². The first kappa shape index (κ1) is 19.7. The molecule has 0 radical (unpaired) electrons. The number of sulfonamides is 1. The van der Waals surface area contributed by atoms with Crippen LogP contribution in [0.15, 0.2) is 34.1 Å². The van der Waals surface area contributed by atoms with Crippen LogP contribution in [0.2, 0.25) is 0 Å². The van der Waals surface area contributed by atoms with Crippen molar-refractivity contribution < 1.29 is 17.9 Å². The molecule has 1 aromatic rings. The molecule has 3 rings (SSSR count). The van der Waals surface area contributed by atoms with Crippen LogP contribution in [0.25, 0.3) is 0 Å². The Morgan fingerprint density at radius 2 is 1.77 bits per heavy atom. The largest absolute Gasteiger partial charge is 0.379 e. The van der Waals surface area contributed by atoms with E-state index in [9.17, 15) is 13.2 Å². The topological polar surface area (TPSA) is 75.7 Å². The number of amides is 1. The van der Waals surface area contributed by atoms with Gasteiger partial charge in [-0.25, -0.2) is 8.42 Å². The van der Waals surface area contributed by atoms with E-state index in [0.29, 0.717) is 38.1 Å². The molecule has 1 aromatic carbocycles. The summed E-state index contributed by atoms with van der Waals surface area (Å²) in [5.74, 6) is 0.401. The molecular weight excluding hydrogens is 372 g/mol. The summed E-state index contributed by atoms with van der Waals surface area (Å²) in [6.45, 7) is 1.65. The van der Waals surface area contributed by atoms with E-state index < -0.39 is 10.0 Å². The summed E-state index contributed by atoms with van der Waals surface area (Å²) >= 11 is 1.43. The van der Waals surface area contributed by atoms with Gasteiger partial charge < -0.3 is 10.1 Å². The number of morpholine rings is 1. The van der Waals surface area contributed by atoms with Crippen molar-refractivity contribution in [3.05, 3.63) is 24.3 Å². The van der Waals surface area contributed by atoms with E-state index in [1.54, 1.807) is 24.3 Å². The van der Waals surface area contributed by atoms with Crippen LogP contribution in [0.1, 0.15) is 32.1 Å². The zero-order chi connectivity index (χ0) is 18.4. The lowest BCUT2D eigenvalue weighted by atomic mass is 9.95. The first-order valence-corrected chi connectivity index (χ1v) is 11.6. The molecule has 2 aliphatic rings. The van der Waals surface area contributed by atoms with Crippen LogP contribution in [0, 0.1) is 0 Å². The van der Waals surface area contributed by atoms with Gasteiger partial charge in [-0.3, -0.25) is 4.79 Å². The summed E-state index contributed by atoms with van der Waals surface area (Å²) in [6, 6.07) is 7.09. The minimum Gasteiger partial charge on any atom is -0.379 e. The second-order valence-electron chi connectivity index (χ2n) is 6.68. The summed E-state index contributed by atoms with van der Waals surface area (Å²) in [6.07, 6.45) is 5.80. The highest BCUT2D eigenvalue weighted by Crippen LogP contribution is 2.23. The first-order chi connectivity index (χ1) is 12.6. The minimum atomic E-state index is -3.46. The molecule has 1 aliphatic carbocycles. The number of benzene rings is 1. The van der Waals surface area contributed by atoms with E-state index >= 15 is 0 Å². The van der Waals surface area contributed by atoms with Crippen molar-refractivity contribution in [1.29, 1.82) is 0 Å². The van der Waals surface area contributed by atoms with Gasteiger partial charge in [-0.1, -0.05) is 19.3 Å². The number of hydrogen-bond acceptors (Lipinski definition) is 5. The Morgan fingerprint density at radius 1 is 1.12 bits per heavy atom. The van der Waals surface area contributed by atoms with Gasteiger partial charge in [0.25, 0.3) is 0 Å². The van der Waals surface area contributed by atoms with Crippen molar-refractivity contribution in [3.8, 4) is 0 Å². The van der Waals surface area contributed by atoms with Crippen molar-refractivity contribution in [2.24, 2.45) is 0 Å². The summed E-state index contributed by atoms with van der Waals surface area (Å²) in [7, 11) is -3.46. The third kappa shape index (κ3) is 5.22. The zero-order valence-corrected chi connectivity index (χ0v) is 16.5. The number of carbonyl (C=O) groups excluding carboxylic acids is 1. The fourth-order valence-corrected chi connectivity index (χ4v) is 5.43. The van der Waals surface area contributed by atoms with Gasteiger partial charge in [0.15, 0.2) is 0 Å². The van der Waals surface area contributed by atoms with Crippen LogP contribution in [-0.2, 0) is 19.6 Å². The molecule has 26 heavy (non-hydrogen) atoms. The molecule has 6 nitrogen and oxygen atoms in total. The normalized spacial score (nSPS) is 20.0. The molecule has 1 amide bonds. The van der Waals surface area contributed by atoms with Gasteiger partial charge in [0.1, 0.15) is 0 Å². The Bertz CT molecular complexity index is 694. The molecule has 2 fully saturated rings. The number of ether oxygens (including phenoxy) is 1. The third-order valence-corrected chi connectivity index (χ3v) is 7.70. The van der Waals surface area contributed by atoms with Crippen LogP contribution < -0.4 is 5.32 Å². The standard InChI is InChI=1S/C18H26N2O4S2/c21-18(19-15-4-2-1-3-5-15)14-25-16-6-8-17(9-7-16)26(22,23)20-10-12-24-13-11-20/h6-9,15H,1-5,10-14H2,(H,19,21). The van der Waals surface area contributed by atoms with Gasteiger partial charge in [0.05, 0.1) is 23.9 Å². The molecule has 1 N–H and O–H groups in total. The van der Waals surface area contributed by atoms with Crippen molar-refractivity contribution in [2.75, 3.05) is 32.1 Å². The molecule has 0 unspecified atom stereocenters. The molecule has 1 heterocycles. The second kappa shape index (κ2) is 9.21. The Morgan fingerprint density at radius 3 is 2.42 bits per heavy atom. The van der Waals surface area contributed by atoms with E-state index in [-0.39, 0.29) is 10.8 Å². The molecule has 0 bridgehead atoms. The molecule has 1 saturated carbocycles. The van der Waals surface area contributed by atoms with E-state index in [1.807, 2.05) is 0 Å². The fourth-order valence-electron chi connectivity index (χ4n) is 3.31. The van der Waals surface area contributed by atoms with Crippen LogP contribution in [-0.4, -0.2) is 56.7 Å². The lowest BCUT2D eigenvalue weighted by Crippen LogP contribution is -2.40. The number of rotatable bonds is 6. The Kier molecular flexibility index (Phi) is 6.97. The van der Waals surface area contributed by atoms with E-state index in [4.69, 9.17) is 4.74 Å². The summed E-state index contributed by atoms with van der Waals surface area (Å²) in [5.41, 5.74) is 0. The lowest BCUT2D eigenvalue weighted by molar-refractivity contribution is -0.119. The Hall–Kier alpha value is -1.09. The van der Waals surface area contributed by atoms with Gasteiger partial charge in [-0.15, -0.1) is 11.8 Å². The second-order valence-corrected chi connectivity index (χ2v) is 9.67. The Balaban J connectivity index is 1.51. The monoisotopic (exact) mass is 398 g/mol. The molecule has 0 aromatic heterocycles. The van der Waals surface area contributed by atoms with Gasteiger partial charge >= 0.3 is 0 Å². The van der Waals surface area contributed by atoms with E-state index in [2.05, 4.69) is 5.32 Å². The minimum absolute atomic E-state index is 0.0481. The average Bonchev–Trinajstić information content (AvgIpc) is 2.68. The molecule has 1 saturated heterocycles. The third-order valence-electron chi connectivity index (χ3n) is 4.77. The van der Waals surface area contributed by atoms with E-state index in [0.717, 1.165) is 17.7 Å². The smallest absolute Gasteiger partial charge is 0.243 e. The average molecular weight is 399 g/mol. The van der Waals surface area contributed by atoms with Gasteiger partial charge in [-0.2, -0.15) is 4.31 Å². The SMILES string of the molecule is O=C(CSc1ccc(S(=O)(=O)N2CCOCC2)cc1)NC1CCCCC1. The first-order valence-electron chi connectivity index (χ1n) is 9.16. The van der Waals surface area contributed by atoms with Crippen molar-refractivity contribution >= 4 is 27.7 Å². The molecular formula is C18H26N2O4S2. The quantitative estimate of drug-likeness (QED) is 0.744. The molecule has 0 atom stereocenters. The zero-order valence-electron chi connectivity index (χ0n) is 14.9. The van der Waals surface area contributed by atoms with E-state index in [1.165, 1.54) is 35.3 Å². The van der Waals surface area contributed by atoms with Gasteiger partial charge in [-0.05, 0) is 37.1 Å². The molecule has 144 valence electrons. The maximum Gasteiger partial charge on any atom is 0.243 e. The van der Waals surface area contributed by atoms with Crippen molar-refractivity contribution in [2.45, 2.75) is 47.9 Å². The molecule has 8 heteroatoms. The number of nitrogens with one attached hydrogen (secondary N) is 1. The predicted molar refractivity (Wildman–Crippen MR) is 102 cm³/mol. The van der Waals surface area contributed by atoms with Crippen LogP contribution in [0.4, 0.5) is 0 Å². The fraction of sp³-hybridized carbons (Fsp3) is 0.611. The Labute approximate surface area is 159 Å². The summed E-state index contributed by atoms with van der Waals surface area (Å²) in [4.78, 5) is 13.3. The number of thioether (sulfide) groups is 1.